The highest BCUT2D eigenvalue weighted by molar-refractivity contribution is 5.67. The molecule has 0 aliphatic rings. The Balaban J connectivity index is 2.97. The van der Waals surface area contributed by atoms with Crippen LogP contribution >= 0.6 is 0 Å². The van der Waals surface area contributed by atoms with E-state index in [0.29, 0.717) is 66.1 Å². The van der Waals surface area contributed by atoms with Gasteiger partial charge in [-0.15, -0.1) is 0 Å². The van der Waals surface area contributed by atoms with Gasteiger partial charge in [-0.2, -0.15) is 0 Å². The van der Waals surface area contributed by atoms with Crippen LogP contribution in [0.1, 0.15) is 0 Å². The van der Waals surface area contributed by atoms with E-state index in [1.54, 1.807) is 0 Å². The van der Waals surface area contributed by atoms with E-state index in [4.69, 9.17) is 33.5 Å². The molecule has 0 bridgehead atoms. The zero-order chi connectivity index (χ0) is 17.7. The molecule has 0 atom stereocenters. The number of carboxylic acids is 1. The summed E-state index contributed by atoms with van der Waals surface area (Å²) in [6.45, 7) is 5.95. The highest BCUT2D eigenvalue weighted by Crippen LogP contribution is 1.84. The molecule has 0 unspecified atom stereocenters. The molecule has 2 N–H and O–H groups in total. The van der Waals surface area contributed by atoms with Crippen molar-refractivity contribution in [2.24, 2.45) is 0 Å². The van der Waals surface area contributed by atoms with Crippen molar-refractivity contribution in [3.05, 3.63) is 0 Å². The number of rotatable bonds is 20. The minimum atomic E-state index is -0.985. The Morgan fingerprint density at radius 1 is 0.667 bits per heavy atom. The average Bonchev–Trinajstić information content (AvgIpc) is 2.56. The Morgan fingerprint density at radius 2 is 1.00 bits per heavy atom. The summed E-state index contributed by atoms with van der Waals surface area (Å²) in [7, 11) is 1.88. The first-order valence-corrected chi connectivity index (χ1v) is 8.10. The van der Waals surface area contributed by atoms with Crippen LogP contribution in [0.25, 0.3) is 0 Å². The summed E-state index contributed by atoms with van der Waals surface area (Å²) in [5.41, 5.74) is 0. The first kappa shape index (κ1) is 23.2. The summed E-state index contributed by atoms with van der Waals surface area (Å²) in [6, 6.07) is 0. The minimum absolute atomic E-state index is 0.260. The van der Waals surface area contributed by atoms with Gasteiger partial charge in [0.25, 0.3) is 0 Å². The lowest BCUT2D eigenvalue weighted by molar-refractivity contribution is -0.142. The highest BCUT2D eigenvalue weighted by Gasteiger charge is 1.96. The molecule has 0 amide bonds. The van der Waals surface area contributed by atoms with E-state index in [2.05, 4.69) is 5.32 Å². The molecule has 0 aliphatic carbocycles. The Morgan fingerprint density at radius 3 is 1.33 bits per heavy atom. The fourth-order valence-electron chi connectivity index (χ4n) is 1.43. The number of carboxylic acid groups (broad SMARTS) is 1. The molecule has 9 heteroatoms. The maximum Gasteiger partial charge on any atom is 0.329 e. The second-order valence-electron chi connectivity index (χ2n) is 4.61. The molecule has 0 spiro atoms. The molecule has 0 saturated heterocycles. The van der Waals surface area contributed by atoms with Crippen molar-refractivity contribution in [1.82, 2.24) is 5.32 Å². The van der Waals surface area contributed by atoms with Gasteiger partial charge in [0.2, 0.25) is 0 Å². The van der Waals surface area contributed by atoms with Crippen molar-refractivity contribution in [2.75, 3.05) is 92.9 Å². The van der Waals surface area contributed by atoms with E-state index in [1.807, 2.05) is 7.05 Å². The van der Waals surface area contributed by atoms with E-state index in [9.17, 15) is 4.79 Å². The van der Waals surface area contributed by atoms with Crippen LogP contribution in [0.3, 0.4) is 0 Å². The van der Waals surface area contributed by atoms with Gasteiger partial charge < -0.3 is 38.8 Å². The van der Waals surface area contributed by atoms with Gasteiger partial charge in [-0.25, -0.2) is 4.79 Å². The molecule has 0 aromatic heterocycles. The zero-order valence-electron chi connectivity index (χ0n) is 14.5. The third-order valence-corrected chi connectivity index (χ3v) is 2.58. The monoisotopic (exact) mass is 353 g/mol. The lowest BCUT2D eigenvalue weighted by Crippen LogP contribution is -2.17. The summed E-state index contributed by atoms with van der Waals surface area (Å²) in [5, 5.41) is 11.3. The van der Waals surface area contributed by atoms with Crippen LogP contribution in [-0.2, 0) is 33.2 Å². The Kier molecular flexibility index (Phi) is 19.6. The Labute approximate surface area is 143 Å². The predicted octanol–water partition coefficient (Wildman–Crippen LogP) is -0.610. The minimum Gasteiger partial charge on any atom is -0.480 e. The molecule has 0 rings (SSSR count). The number of hydrogen-bond donors (Lipinski definition) is 2. The molecule has 0 aromatic carbocycles. The molecule has 24 heavy (non-hydrogen) atoms. The van der Waals surface area contributed by atoms with Crippen LogP contribution in [0.5, 0.6) is 0 Å². The van der Waals surface area contributed by atoms with Crippen LogP contribution in [0.4, 0.5) is 0 Å². The van der Waals surface area contributed by atoms with Gasteiger partial charge in [0.15, 0.2) is 0 Å². The van der Waals surface area contributed by atoms with Crippen LogP contribution in [0.15, 0.2) is 0 Å². The number of ether oxygens (including phenoxy) is 6. The maximum atomic E-state index is 10.2. The van der Waals surface area contributed by atoms with Gasteiger partial charge in [0.1, 0.15) is 6.61 Å². The lowest BCUT2D eigenvalue weighted by Gasteiger charge is -2.08. The van der Waals surface area contributed by atoms with Gasteiger partial charge in [-0.1, -0.05) is 0 Å². The second kappa shape index (κ2) is 20.2. The smallest absolute Gasteiger partial charge is 0.329 e. The Hall–Kier alpha value is -0.810. The number of nitrogens with one attached hydrogen (secondary N) is 1. The molecule has 144 valence electrons. The summed E-state index contributed by atoms with van der Waals surface area (Å²) in [4.78, 5) is 10.2. The quantitative estimate of drug-likeness (QED) is 0.277. The van der Waals surface area contributed by atoms with Crippen molar-refractivity contribution in [3.8, 4) is 0 Å². The van der Waals surface area contributed by atoms with E-state index in [-0.39, 0.29) is 13.2 Å². The fourth-order valence-corrected chi connectivity index (χ4v) is 1.43. The summed E-state index contributed by atoms with van der Waals surface area (Å²) in [5.74, 6) is -0.985. The van der Waals surface area contributed by atoms with Crippen molar-refractivity contribution in [2.45, 2.75) is 0 Å². The Bertz CT molecular complexity index is 268. The molecule has 0 aliphatic heterocycles. The van der Waals surface area contributed by atoms with Crippen LogP contribution in [-0.4, -0.2) is 104 Å². The summed E-state index contributed by atoms with van der Waals surface area (Å²) >= 11 is 0. The van der Waals surface area contributed by atoms with Gasteiger partial charge in [-0.05, 0) is 7.05 Å². The van der Waals surface area contributed by atoms with Crippen molar-refractivity contribution < 1.29 is 38.3 Å². The van der Waals surface area contributed by atoms with Crippen molar-refractivity contribution in [1.29, 1.82) is 0 Å². The predicted molar refractivity (Wildman–Crippen MR) is 86.5 cm³/mol. The van der Waals surface area contributed by atoms with Gasteiger partial charge in [-0.3, -0.25) is 0 Å². The van der Waals surface area contributed by atoms with Crippen LogP contribution in [0, 0.1) is 0 Å². The molecule has 0 saturated carbocycles. The number of aliphatic carboxylic acids is 1. The summed E-state index contributed by atoms with van der Waals surface area (Å²) in [6.07, 6.45) is 0. The van der Waals surface area contributed by atoms with Gasteiger partial charge in [0.05, 0.1) is 72.7 Å². The largest absolute Gasteiger partial charge is 0.480 e. The normalized spacial score (nSPS) is 11.0. The maximum absolute atomic E-state index is 10.2. The number of likely N-dealkylation sites (N-methyl/N-ethyl adjacent to an activating group) is 1. The number of carbonyl (C=O) groups is 1. The molecule has 0 aromatic rings. The summed E-state index contributed by atoms with van der Waals surface area (Å²) < 4.78 is 31.3. The third-order valence-electron chi connectivity index (χ3n) is 2.58. The third kappa shape index (κ3) is 21.2. The lowest BCUT2D eigenvalue weighted by atomic mass is 10.6. The van der Waals surface area contributed by atoms with Crippen molar-refractivity contribution >= 4 is 5.97 Å². The first-order chi connectivity index (χ1) is 11.8. The number of hydrogen-bond acceptors (Lipinski definition) is 8. The SMILES string of the molecule is CNCCOCCOCCOCCOCCOCCOCC(=O)O. The molecular formula is C15H31NO8. The first-order valence-electron chi connectivity index (χ1n) is 8.10. The molecular weight excluding hydrogens is 322 g/mol. The van der Waals surface area contributed by atoms with Crippen LogP contribution in [0.2, 0.25) is 0 Å². The van der Waals surface area contributed by atoms with Crippen molar-refractivity contribution in [3.63, 3.8) is 0 Å². The molecule has 0 radical (unpaired) electrons. The molecule has 0 fully saturated rings. The van der Waals surface area contributed by atoms with E-state index >= 15 is 0 Å². The average molecular weight is 353 g/mol. The van der Waals surface area contributed by atoms with E-state index in [1.165, 1.54) is 0 Å². The topological polar surface area (TPSA) is 105 Å². The van der Waals surface area contributed by atoms with Gasteiger partial charge >= 0.3 is 5.97 Å². The van der Waals surface area contributed by atoms with Gasteiger partial charge in [0, 0.05) is 6.54 Å². The molecule has 9 nitrogen and oxygen atoms in total. The second-order valence-corrected chi connectivity index (χ2v) is 4.61. The zero-order valence-corrected chi connectivity index (χ0v) is 14.5. The molecule has 0 heterocycles. The van der Waals surface area contributed by atoms with Crippen LogP contribution < -0.4 is 5.32 Å². The van der Waals surface area contributed by atoms with E-state index in [0.717, 1.165) is 6.54 Å². The highest BCUT2D eigenvalue weighted by atomic mass is 16.6. The van der Waals surface area contributed by atoms with E-state index < -0.39 is 5.97 Å². The standard InChI is InChI=1S/C15H31NO8/c1-16-2-3-19-4-5-20-6-7-21-8-9-22-10-11-23-12-13-24-14-15(17)18/h16H,2-14H2,1H3,(H,17,18). The fraction of sp³-hybridized carbons (Fsp3) is 0.933.